The van der Waals surface area contributed by atoms with Crippen LogP contribution in [0.5, 0.6) is 5.75 Å². The number of hydrogen-bond acceptors (Lipinski definition) is 5. The Labute approximate surface area is 192 Å². The molecule has 5 rings (SSSR count). The van der Waals surface area contributed by atoms with Crippen molar-refractivity contribution in [3.63, 3.8) is 0 Å². The average molecular weight is 443 g/mol. The second kappa shape index (κ2) is 8.75. The van der Waals surface area contributed by atoms with E-state index in [9.17, 15) is 4.79 Å². The average Bonchev–Trinajstić information content (AvgIpc) is 3.16. The lowest BCUT2D eigenvalue weighted by Crippen LogP contribution is -2.11. The molecule has 0 unspecified atom stereocenters. The van der Waals surface area contributed by atoms with Crippen LogP contribution in [-0.2, 0) is 25.7 Å². The zero-order valence-corrected chi connectivity index (χ0v) is 19.0. The summed E-state index contributed by atoms with van der Waals surface area (Å²) in [6, 6.07) is 18.0. The number of aromatic nitrogens is 1. The Bertz CT molecular complexity index is 1280. The third-order valence-electron chi connectivity index (χ3n) is 6.19. The first kappa shape index (κ1) is 20.7. The maximum absolute atomic E-state index is 12.9. The summed E-state index contributed by atoms with van der Waals surface area (Å²) in [6.45, 7) is 2.00. The van der Waals surface area contributed by atoms with Crippen LogP contribution < -0.4 is 10.5 Å². The highest BCUT2D eigenvalue weighted by molar-refractivity contribution is 7.21. The highest BCUT2D eigenvalue weighted by Gasteiger charge is 2.26. The van der Waals surface area contributed by atoms with Crippen LogP contribution in [0.25, 0.3) is 10.2 Å². The predicted molar refractivity (Wildman–Crippen MR) is 131 cm³/mol. The van der Waals surface area contributed by atoms with Gasteiger partial charge in [0.25, 0.3) is 0 Å². The number of esters is 1. The minimum atomic E-state index is -0.412. The zero-order valence-electron chi connectivity index (χ0n) is 18.2. The van der Waals surface area contributed by atoms with Crippen molar-refractivity contribution in [2.24, 2.45) is 0 Å². The number of fused-ring (bicyclic) bond motifs is 3. The number of nitrogen functional groups attached to an aromatic ring is 1. The summed E-state index contributed by atoms with van der Waals surface area (Å²) in [5, 5.41) is 0.962. The van der Waals surface area contributed by atoms with E-state index in [1.54, 1.807) is 12.1 Å². The van der Waals surface area contributed by atoms with Gasteiger partial charge in [0.1, 0.15) is 15.5 Å². The van der Waals surface area contributed by atoms with Gasteiger partial charge in [0.15, 0.2) is 0 Å². The van der Waals surface area contributed by atoms with Crippen LogP contribution in [0.4, 0.5) is 5.69 Å². The molecule has 0 aliphatic heterocycles. The zero-order chi connectivity index (χ0) is 22.1. The minimum Gasteiger partial charge on any atom is -0.422 e. The number of benzene rings is 2. The van der Waals surface area contributed by atoms with Crippen LogP contribution >= 0.6 is 11.3 Å². The SMILES string of the molecule is Cc1ccc(OC(=O)c2sc3nc(CCc4ccccc4)c4c(c3c2N)CCCC4)cc1. The fraction of sp³-hybridized carbons (Fsp3) is 0.259. The predicted octanol–water partition coefficient (Wildman–Crippen LogP) is 6.07. The molecular formula is C27H26N2O2S. The van der Waals surface area contributed by atoms with Crippen LogP contribution in [0, 0.1) is 6.92 Å². The van der Waals surface area contributed by atoms with Gasteiger partial charge in [-0.2, -0.15) is 0 Å². The third kappa shape index (κ3) is 4.00. The van der Waals surface area contributed by atoms with E-state index in [1.165, 1.54) is 34.4 Å². The third-order valence-corrected chi connectivity index (χ3v) is 7.27. The Balaban J connectivity index is 1.50. The van der Waals surface area contributed by atoms with E-state index in [-0.39, 0.29) is 0 Å². The number of aryl methyl sites for hydroxylation is 4. The molecule has 0 bridgehead atoms. The second-order valence-corrected chi connectivity index (χ2v) is 9.43. The lowest BCUT2D eigenvalue weighted by molar-refractivity contribution is 0.0741. The van der Waals surface area contributed by atoms with Gasteiger partial charge in [0.05, 0.1) is 5.69 Å². The van der Waals surface area contributed by atoms with E-state index >= 15 is 0 Å². The molecule has 2 N–H and O–H groups in total. The molecule has 162 valence electrons. The van der Waals surface area contributed by atoms with E-state index in [0.717, 1.165) is 53.6 Å². The fourth-order valence-corrected chi connectivity index (χ4v) is 5.54. The van der Waals surface area contributed by atoms with Gasteiger partial charge in [-0.15, -0.1) is 11.3 Å². The Morgan fingerprint density at radius 3 is 2.47 bits per heavy atom. The molecule has 0 amide bonds. The Morgan fingerprint density at radius 1 is 1.00 bits per heavy atom. The minimum absolute atomic E-state index is 0.412. The van der Waals surface area contributed by atoms with Crippen molar-refractivity contribution in [1.82, 2.24) is 4.98 Å². The Hall–Kier alpha value is -3.18. The molecule has 0 spiro atoms. The van der Waals surface area contributed by atoms with Crippen molar-refractivity contribution < 1.29 is 9.53 Å². The molecule has 2 heterocycles. The highest BCUT2D eigenvalue weighted by Crippen LogP contribution is 2.40. The van der Waals surface area contributed by atoms with Gasteiger partial charge < -0.3 is 10.5 Å². The molecule has 32 heavy (non-hydrogen) atoms. The van der Waals surface area contributed by atoms with E-state index in [1.807, 2.05) is 25.1 Å². The molecule has 0 fully saturated rings. The van der Waals surface area contributed by atoms with Gasteiger partial charge in [-0.05, 0) is 74.3 Å². The van der Waals surface area contributed by atoms with E-state index < -0.39 is 5.97 Å². The molecule has 1 aliphatic carbocycles. The summed E-state index contributed by atoms with van der Waals surface area (Å²) in [7, 11) is 0. The van der Waals surface area contributed by atoms with Gasteiger partial charge in [-0.3, -0.25) is 0 Å². The Kier molecular flexibility index (Phi) is 5.66. The number of hydrogen-bond donors (Lipinski definition) is 1. The van der Waals surface area contributed by atoms with Crippen LogP contribution in [0.2, 0.25) is 0 Å². The van der Waals surface area contributed by atoms with E-state index in [0.29, 0.717) is 16.3 Å². The normalized spacial score (nSPS) is 13.2. The fourth-order valence-electron chi connectivity index (χ4n) is 4.52. The van der Waals surface area contributed by atoms with Crippen molar-refractivity contribution in [3.05, 3.63) is 87.4 Å². The van der Waals surface area contributed by atoms with Gasteiger partial charge in [-0.25, -0.2) is 9.78 Å². The standard InChI is InChI=1S/C27H26N2O2S/c1-17-11-14-19(15-12-17)31-27(30)25-24(28)23-21-10-6-5-9-20(21)22(29-26(23)32-25)16-13-18-7-3-2-4-8-18/h2-4,7-8,11-12,14-15H,5-6,9-10,13,16,28H2,1H3. The molecule has 4 nitrogen and oxygen atoms in total. The second-order valence-electron chi connectivity index (χ2n) is 8.44. The summed E-state index contributed by atoms with van der Waals surface area (Å²) >= 11 is 1.35. The molecule has 2 aromatic carbocycles. The molecular weight excluding hydrogens is 416 g/mol. The number of carbonyl (C=O) groups is 1. The first-order valence-corrected chi connectivity index (χ1v) is 12.0. The molecule has 0 atom stereocenters. The lowest BCUT2D eigenvalue weighted by Gasteiger charge is -2.20. The summed E-state index contributed by atoms with van der Waals surface area (Å²) < 4.78 is 5.61. The lowest BCUT2D eigenvalue weighted by atomic mass is 9.87. The molecule has 0 saturated heterocycles. The largest absolute Gasteiger partial charge is 0.422 e. The van der Waals surface area contributed by atoms with Crippen molar-refractivity contribution in [2.45, 2.75) is 45.4 Å². The number of ether oxygens (including phenoxy) is 1. The molecule has 2 aromatic heterocycles. The van der Waals surface area contributed by atoms with Crippen LogP contribution in [-0.4, -0.2) is 11.0 Å². The molecule has 0 radical (unpaired) electrons. The molecule has 1 aliphatic rings. The number of nitrogens with two attached hydrogens (primary N) is 1. The topological polar surface area (TPSA) is 65.2 Å². The van der Waals surface area contributed by atoms with Crippen molar-refractivity contribution in [2.75, 3.05) is 5.73 Å². The molecule has 0 saturated carbocycles. The number of anilines is 1. The maximum Gasteiger partial charge on any atom is 0.355 e. The number of rotatable bonds is 5. The quantitative estimate of drug-likeness (QED) is 0.301. The van der Waals surface area contributed by atoms with Gasteiger partial charge in [-0.1, -0.05) is 48.0 Å². The van der Waals surface area contributed by atoms with Crippen LogP contribution in [0.3, 0.4) is 0 Å². The summed E-state index contributed by atoms with van der Waals surface area (Å²) in [6.07, 6.45) is 6.17. The summed E-state index contributed by atoms with van der Waals surface area (Å²) in [5.74, 6) is 0.112. The van der Waals surface area contributed by atoms with Gasteiger partial charge in [0.2, 0.25) is 0 Å². The Morgan fingerprint density at radius 2 is 1.72 bits per heavy atom. The highest BCUT2D eigenvalue weighted by atomic mass is 32.1. The van der Waals surface area contributed by atoms with Crippen molar-refractivity contribution in [3.8, 4) is 5.75 Å². The van der Waals surface area contributed by atoms with Crippen LogP contribution in [0.1, 0.15) is 50.5 Å². The van der Waals surface area contributed by atoms with Gasteiger partial charge >= 0.3 is 5.97 Å². The van der Waals surface area contributed by atoms with E-state index in [2.05, 4.69) is 24.3 Å². The van der Waals surface area contributed by atoms with Crippen molar-refractivity contribution >= 4 is 33.2 Å². The van der Waals surface area contributed by atoms with Crippen molar-refractivity contribution in [1.29, 1.82) is 0 Å². The summed E-state index contributed by atoms with van der Waals surface area (Å²) in [4.78, 5) is 19.2. The van der Waals surface area contributed by atoms with E-state index in [4.69, 9.17) is 15.5 Å². The van der Waals surface area contributed by atoms with Gasteiger partial charge in [0, 0.05) is 11.1 Å². The maximum atomic E-state index is 12.9. The summed E-state index contributed by atoms with van der Waals surface area (Å²) in [5.41, 5.74) is 13.2. The molecule has 5 heteroatoms. The number of nitrogens with zero attached hydrogens (tertiary/aromatic N) is 1. The molecule has 4 aromatic rings. The number of carbonyl (C=O) groups excluding carboxylic acids is 1. The number of thiophene rings is 1. The monoisotopic (exact) mass is 442 g/mol. The van der Waals surface area contributed by atoms with Crippen LogP contribution in [0.15, 0.2) is 54.6 Å². The first-order chi connectivity index (χ1) is 15.6. The smallest absolute Gasteiger partial charge is 0.355 e. The number of pyridine rings is 1. The first-order valence-electron chi connectivity index (χ1n) is 11.2.